The van der Waals surface area contributed by atoms with Crippen LogP contribution in [0.3, 0.4) is 0 Å². The zero-order valence-corrected chi connectivity index (χ0v) is 8.06. The highest BCUT2D eigenvalue weighted by atomic mass is 19.1. The van der Waals surface area contributed by atoms with Gasteiger partial charge in [0.2, 0.25) is 0 Å². The van der Waals surface area contributed by atoms with E-state index in [9.17, 15) is 9.50 Å². The van der Waals surface area contributed by atoms with Crippen LogP contribution in [0.2, 0.25) is 0 Å². The second-order valence-electron chi connectivity index (χ2n) is 3.84. The number of phenols is 1. The highest BCUT2D eigenvalue weighted by Gasteiger charge is 2.20. The van der Waals surface area contributed by atoms with Gasteiger partial charge in [0, 0.05) is 11.1 Å². The normalized spacial score (nSPS) is 11.8. The van der Waals surface area contributed by atoms with E-state index in [4.69, 9.17) is 5.73 Å². The van der Waals surface area contributed by atoms with E-state index in [0.717, 1.165) is 0 Å². The Morgan fingerprint density at radius 3 is 2.38 bits per heavy atom. The maximum absolute atomic E-state index is 13.0. The molecule has 0 fully saturated rings. The fourth-order valence-corrected chi connectivity index (χ4v) is 1.23. The largest absolute Gasteiger partial charge is 0.507 e. The first-order valence-electron chi connectivity index (χ1n) is 4.11. The average Bonchev–Trinajstić information content (AvgIpc) is 1.94. The maximum atomic E-state index is 13.0. The summed E-state index contributed by atoms with van der Waals surface area (Å²) in [4.78, 5) is 0. The van der Waals surface area contributed by atoms with Crippen LogP contribution in [0.4, 0.5) is 4.39 Å². The van der Waals surface area contributed by atoms with Gasteiger partial charge < -0.3 is 10.8 Å². The highest BCUT2D eigenvalue weighted by Crippen LogP contribution is 2.30. The molecule has 13 heavy (non-hydrogen) atoms. The number of halogens is 1. The zero-order valence-electron chi connectivity index (χ0n) is 8.06. The molecular formula is C10H14FNO. The summed E-state index contributed by atoms with van der Waals surface area (Å²) in [6.45, 7) is 5.09. The molecule has 0 aliphatic carbocycles. The summed E-state index contributed by atoms with van der Waals surface area (Å²) in [6.07, 6.45) is 0. The Bertz CT molecular complexity index is 328. The fraction of sp³-hybridized carbons (Fsp3) is 0.400. The van der Waals surface area contributed by atoms with Gasteiger partial charge in [-0.25, -0.2) is 4.39 Å². The molecular weight excluding hydrogens is 169 g/mol. The van der Waals surface area contributed by atoms with Crippen LogP contribution in [0.15, 0.2) is 12.1 Å². The van der Waals surface area contributed by atoms with Crippen LogP contribution in [-0.4, -0.2) is 5.11 Å². The van der Waals surface area contributed by atoms with Crippen molar-refractivity contribution >= 4 is 0 Å². The third-order valence-corrected chi connectivity index (χ3v) is 1.96. The second-order valence-corrected chi connectivity index (χ2v) is 3.84. The predicted molar refractivity (Wildman–Crippen MR) is 50.0 cm³/mol. The first kappa shape index (κ1) is 9.99. The Morgan fingerprint density at radius 1 is 1.38 bits per heavy atom. The van der Waals surface area contributed by atoms with Crippen LogP contribution >= 0.6 is 0 Å². The molecule has 0 bridgehead atoms. The number of rotatable bonds is 1. The molecule has 3 heteroatoms. The lowest BCUT2D eigenvalue weighted by molar-refractivity contribution is 0.433. The third kappa shape index (κ3) is 1.98. The summed E-state index contributed by atoms with van der Waals surface area (Å²) in [5.41, 5.74) is 5.99. The molecule has 2 nitrogen and oxygen atoms in total. The minimum atomic E-state index is -0.725. The first-order chi connectivity index (χ1) is 5.82. The van der Waals surface area contributed by atoms with Crippen molar-refractivity contribution in [3.05, 3.63) is 29.1 Å². The van der Waals surface area contributed by atoms with E-state index in [1.807, 2.05) is 0 Å². The van der Waals surface area contributed by atoms with Gasteiger partial charge in [-0.15, -0.1) is 0 Å². The van der Waals surface area contributed by atoms with Gasteiger partial charge in [0.1, 0.15) is 11.6 Å². The zero-order chi connectivity index (χ0) is 10.2. The molecule has 0 atom stereocenters. The SMILES string of the molecule is Cc1cc(F)cc(C(C)(C)N)c1O. The van der Waals surface area contributed by atoms with Gasteiger partial charge in [-0.05, 0) is 38.5 Å². The van der Waals surface area contributed by atoms with Crippen molar-refractivity contribution in [1.29, 1.82) is 0 Å². The van der Waals surface area contributed by atoms with Crippen molar-refractivity contribution < 1.29 is 9.50 Å². The summed E-state index contributed by atoms with van der Waals surface area (Å²) in [6, 6.07) is 2.55. The molecule has 0 heterocycles. The quantitative estimate of drug-likeness (QED) is 0.699. The van der Waals surface area contributed by atoms with Gasteiger partial charge in [0.25, 0.3) is 0 Å². The van der Waals surface area contributed by atoms with E-state index in [2.05, 4.69) is 0 Å². The third-order valence-electron chi connectivity index (χ3n) is 1.96. The Kier molecular flexibility index (Phi) is 2.30. The Morgan fingerprint density at radius 2 is 1.92 bits per heavy atom. The molecule has 0 saturated heterocycles. The van der Waals surface area contributed by atoms with Crippen LogP contribution in [-0.2, 0) is 5.54 Å². The van der Waals surface area contributed by atoms with E-state index in [0.29, 0.717) is 11.1 Å². The van der Waals surface area contributed by atoms with E-state index in [1.54, 1.807) is 20.8 Å². The number of aromatic hydroxyl groups is 1. The maximum Gasteiger partial charge on any atom is 0.124 e. The lowest BCUT2D eigenvalue weighted by Gasteiger charge is -2.21. The number of hydrogen-bond donors (Lipinski definition) is 2. The molecule has 3 N–H and O–H groups in total. The number of nitrogens with two attached hydrogens (primary N) is 1. The lowest BCUT2D eigenvalue weighted by atomic mass is 9.93. The molecule has 0 aromatic heterocycles. The van der Waals surface area contributed by atoms with Crippen molar-refractivity contribution in [2.45, 2.75) is 26.3 Å². The van der Waals surface area contributed by atoms with Crippen LogP contribution < -0.4 is 5.73 Å². The smallest absolute Gasteiger partial charge is 0.124 e. The van der Waals surface area contributed by atoms with Crippen molar-refractivity contribution in [1.82, 2.24) is 0 Å². The van der Waals surface area contributed by atoms with Gasteiger partial charge in [-0.3, -0.25) is 0 Å². The number of hydrogen-bond acceptors (Lipinski definition) is 2. The monoisotopic (exact) mass is 183 g/mol. The van der Waals surface area contributed by atoms with Crippen molar-refractivity contribution in [2.75, 3.05) is 0 Å². The van der Waals surface area contributed by atoms with E-state index in [-0.39, 0.29) is 11.6 Å². The van der Waals surface area contributed by atoms with Gasteiger partial charge in [-0.2, -0.15) is 0 Å². The van der Waals surface area contributed by atoms with Crippen LogP contribution in [0.25, 0.3) is 0 Å². The van der Waals surface area contributed by atoms with E-state index in [1.165, 1.54) is 12.1 Å². The van der Waals surface area contributed by atoms with Crippen molar-refractivity contribution in [2.24, 2.45) is 5.73 Å². The molecule has 0 radical (unpaired) electrons. The topological polar surface area (TPSA) is 46.2 Å². The molecule has 0 aliphatic heterocycles. The number of benzene rings is 1. The molecule has 72 valence electrons. The van der Waals surface area contributed by atoms with Gasteiger partial charge in [0.05, 0.1) is 0 Å². The van der Waals surface area contributed by atoms with E-state index >= 15 is 0 Å². The van der Waals surface area contributed by atoms with Crippen LogP contribution in [0, 0.1) is 12.7 Å². The summed E-state index contributed by atoms with van der Waals surface area (Å²) >= 11 is 0. The van der Waals surface area contributed by atoms with Gasteiger partial charge in [0.15, 0.2) is 0 Å². The van der Waals surface area contributed by atoms with E-state index < -0.39 is 5.54 Å². The fourth-order valence-electron chi connectivity index (χ4n) is 1.23. The second kappa shape index (κ2) is 3.00. The summed E-state index contributed by atoms with van der Waals surface area (Å²) in [5, 5.41) is 9.61. The summed E-state index contributed by atoms with van der Waals surface area (Å²) in [5.74, 6) is -0.294. The van der Waals surface area contributed by atoms with Gasteiger partial charge in [-0.1, -0.05) is 0 Å². The first-order valence-corrected chi connectivity index (χ1v) is 4.11. The Labute approximate surface area is 77.2 Å². The van der Waals surface area contributed by atoms with Crippen molar-refractivity contribution in [3.8, 4) is 5.75 Å². The molecule has 1 rings (SSSR count). The Hall–Kier alpha value is -1.09. The van der Waals surface area contributed by atoms with Crippen LogP contribution in [0.1, 0.15) is 25.0 Å². The standard InChI is InChI=1S/C10H14FNO/c1-6-4-7(11)5-8(9(6)13)10(2,3)12/h4-5,13H,12H2,1-3H3. The molecule has 0 aliphatic rings. The van der Waals surface area contributed by atoms with Crippen molar-refractivity contribution in [3.63, 3.8) is 0 Å². The van der Waals surface area contributed by atoms with Crippen LogP contribution in [0.5, 0.6) is 5.75 Å². The number of aryl methyl sites for hydroxylation is 1. The Balaban J connectivity index is 3.37. The molecule has 0 unspecified atom stereocenters. The molecule has 1 aromatic rings. The molecule has 0 amide bonds. The predicted octanol–water partition coefficient (Wildman–Crippen LogP) is 2.03. The minimum Gasteiger partial charge on any atom is -0.507 e. The molecule has 1 aromatic carbocycles. The average molecular weight is 183 g/mol. The summed E-state index contributed by atoms with van der Waals surface area (Å²) < 4.78 is 13.0. The number of phenolic OH excluding ortho intramolecular Hbond substituents is 1. The van der Waals surface area contributed by atoms with Gasteiger partial charge >= 0.3 is 0 Å². The highest BCUT2D eigenvalue weighted by molar-refractivity contribution is 5.43. The lowest BCUT2D eigenvalue weighted by Crippen LogP contribution is -2.29. The molecule has 0 spiro atoms. The molecule has 0 saturated carbocycles. The minimum absolute atomic E-state index is 0.0777. The summed E-state index contributed by atoms with van der Waals surface area (Å²) in [7, 11) is 0.